The molecule has 33 heavy (non-hydrogen) atoms. The quantitative estimate of drug-likeness (QED) is 0.267. The van der Waals surface area contributed by atoms with Crippen molar-refractivity contribution in [1.82, 2.24) is 5.32 Å². The maximum Gasteiger partial charge on any atom is 0.271 e. The van der Waals surface area contributed by atoms with Gasteiger partial charge in [0.05, 0.1) is 23.4 Å². The molecule has 0 atom stereocenters. The lowest BCUT2D eigenvalue weighted by molar-refractivity contribution is -0.384. The molecule has 0 unspecified atom stereocenters. The third-order valence-corrected chi connectivity index (χ3v) is 6.17. The number of carbonyl (C=O) groups is 1. The number of anilines is 1. The van der Waals surface area contributed by atoms with Gasteiger partial charge in [-0.3, -0.25) is 19.2 Å². The van der Waals surface area contributed by atoms with Gasteiger partial charge < -0.3 is 10.1 Å². The molecule has 10 heteroatoms. The number of nitrogens with one attached hydrogen (secondary N) is 1. The zero-order valence-corrected chi connectivity index (χ0v) is 20.1. The maximum absolute atomic E-state index is 12.3. The van der Waals surface area contributed by atoms with Crippen LogP contribution in [0.15, 0.2) is 42.5 Å². The van der Waals surface area contributed by atoms with Crippen LogP contribution in [0, 0.1) is 17.0 Å². The fourth-order valence-electron chi connectivity index (χ4n) is 3.32. The second kappa shape index (κ2) is 12.2. The summed E-state index contributed by atoms with van der Waals surface area (Å²) in [6, 6.07) is 11.9. The van der Waals surface area contributed by atoms with Crippen LogP contribution in [-0.2, 0) is 21.2 Å². The van der Waals surface area contributed by atoms with E-state index in [9.17, 15) is 23.3 Å². The van der Waals surface area contributed by atoms with Gasteiger partial charge in [-0.15, -0.1) is 0 Å². The summed E-state index contributed by atoms with van der Waals surface area (Å²) in [6.07, 6.45) is 3.52. The van der Waals surface area contributed by atoms with E-state index in [4.69, 9.17) is 4.74 Å². The second-order valence-corrected chi connectivity index (χ2v) is 9.67. The van der Waals surface area contributed by atoms with Crippen LogP contribution in [-0.4, -0.2) is 45.2 Å². The highest BCUT2D eigenvalue weighted by Gasteiger charge is 2.22. The van der Waals surface area contributed by atoms with Crippen molar-refractivity contribution in [3.8, 4) is 5.75 Å². The zero-order valence-electron chi connectivity index (χ0n) is 19.2. The van der Waals surface area contributed by atoms with Crippen molar-refractivity contribution in [3.63, 3.8) is 0 Å². The summed E-state index contributed by atoms with van der Waals surface area (Å²) >= 11 is 0. The normalized spacial score (nSPS) is 11.1. The number of nitro groups is 1. The number of aryl methyl sites for hydroxylation is 2. The van der Waals surface area contributed by atoms with Crippen molar-refractivity contribution in [1.29, 1.82) is 0 Å². The largest absolute Gasteiger partial charge is 0.492 e. The Hall–Kier alpha value is -3.14. The van der Waals surface area contributed by atoms with Crippen LogP contribution in [0.2, 0.25) is 0 Å². The monoisotopic (exact) mass is 477 g/mol. The van der Waals surface area contributed by atoms with Crippen molar-refractivity contribution in [2.45, 2.75) is 39.5 Å². The SMILES string of the molecule is CCCc1ccc(OCCNC(=O)CCCN(c2cc([N+](=O)[O-])ccc2C)S(C)(=O)=O)cc1. The summed E-state index contributed by atoms with van der Waals surface area (Å²) in [5.41, 5.74) is 1.89. The molecule has 0 bridgehead atoms. The second-order valence-electron chi connectivity index (χ2n) is 7.76. The van der Waals surface area contributed by atoms with E-state index in [0.29, 0.717) is 18.7 Å². The number of non-ortho nitro benzene ring substituents is 1. The summed E-state index contributed by atoms with van der Waals surface area (Å²) in [4.78, 5) is 22.6. The summed E-state index contributed by atoms with van der Waals surface area (Å²) in [5, 5.41) is 13.8. The molecule has 1 amide bonds. The molecule has 0 aliphatic heterocycles. The number of amides is 1. The molecule has 180 valence electrons. The number of benzene rings is 2. The Morgan fingerprint density at radius 2 is 1.88 bits per heavy atom. The number of ether oxygens (including phenoxy) is 1. The average Bonchev–Trinajstić information content (AvgIpc) is 2.75. The zero-order chi connectivity index (χ0) is 24.4. The minimum absolute atomic E-state index is 0.0366. The molecule has 9 nitrogen and oxygen atoms in total. The van der Waals surface area contributed by atoms with Crippen LogP contribution < -0.4 is 14.4 Å². The van der Waals surface area contributed by atoms with Crippen LogP contribution in [0.4, 0.5) is 11.4 Å². The number of carbonyl (C=O) groups excluding carboxylic acids is 1. The highest BCUT2D eigenvalue weighted by atomic mass is 32.2. The predicted octanol–water partition coefficient (Wildman–Crippen LogP) is 3.60. The first-order valence-corrected chi connectivity index (χ1v) is 12.7. The molecule has 0 radical (unpaired) electrons. The van der Waals surface area contributed by atoms with Gasteiger partial charge in [0, 0.05) is 25.1 Å². The smallest absolute Gasteiger partial charge is 0.271 e. The van der Waals surface area contributed by atoms with E-state index in [1.807, 2.05) is 24.3 Å². The van der Waals surface area contributed by atoms with Gasteiger partial charge in [0.25, 0.3) is 5.69 Å². The number of rotatable bonds is 13. The van der Waals surface area contributed by atoms with Crippen molar-refractivity contribution in [2.75, 3.05) is 30.3 Å². The summed E-state index contributed by atoms with van der Waals surface area (Å²) in [6.45, 7) is 4.49. The van der Waals surface area contributed by atoms with Crippen molar-refractivity contribution in [3.05, 3.63) is 63.7 Å². The topological polar surface area (TPSA) is 119 Å². The van der Waals surface area contributed by atoms with Gasteiger partial charge in [-0.1, -0.05) is 31.5 Å². The van der Waals surface area contributed by atoms with Gasteiger partial charge in [0.1, 0.15) is 12.4 Å². The molecule has 2 rings (SSSR count). The van der Waals surface area contributed by atoms with Crippen LogP contribution >= 0.6 is 0 Å². The van der Waals surface area contributed by atoms with Crippen molar-refractivity contribution >= 4 is 27.3 Å². The Kier molecular flexibility index (Phi) is 9.65. The molecule has 0 heterocycles. The molecular weight excluding hydrogens is 446 g/mol. The maximum atomic E-state index is 12.3. The van der Waals surface area contributed by atoms with Crippen LogP contribution in [0.1, 0.15) is 37.3 Å². The number of nitro benzene ring substituents is 1. The van der Waals surface area contributed by atoms with E-state index in [1.54, 1.807) is 6.92 Å². The summed E-state index contributed by atoms with van der Waals surface area (Å²) in [5.74, 6) is 0.515. The van der Waals surface area contributed by atoms with E-state index in [0.717, 1.165) is 29.2 Å². The average molecular weight is 478 g/mol. The molecule has 2 aromatic carbocycles. The number of nitrogens with zero attached hydrogens (tertiary/aromatic N) is 2. The van der Waals surface area contributed by atoms with Crippen molar-refractivity contribution < 1.29 is 22.9 Å². The van der Waals surface area contributed by atoms with Crippen LogP contribution in [0.25, 0.3) is 0 Å². The number of hydrogen-bond donors (Lipinski definition) is 1. The third-order valence-electron chi connectivity index (χ3n) is 4.99. The molecular formula is C23H31N3O6S. The molecule has 0 aliphatic carbocycles. The highest BCUT2D eigenvalue weighted by molar-refractivity contribution is 7.92. The lowest BCUT2D eigenvalue weighted by Gasteiger charge is -2.24. The molecule has 0 aliphatic rings. The van der Waals surface area contributed by atoms with E-state index in [-0.39, 0.29) is 36.7 Å². The fourth-order valence-corrected chi connectivity index (χ4v) is 4.33. The standard InChI is InChI=1S/C23H31N3O6S/c1-4-6-19-9-12-21(13-10-19)32-16-14-24-23(27)7-5-15-25(33(3,30)31)22-17-20(26(28)29)11-8-18(22)2/h8-13,17H,4-7,14-16H2,1-3H3,(H,24,27). The van der Waals surface area contributed by atoms with Gasteiger partial charge >= 0.3 is 0 Å². The molecule has 2 aromatic rings. The van der Waals surface area contributed by atoms with Gasteiger partial charge in [-0.25, -0.2) is 8.42 Å². The van der Waals surface area contributed by atoms with E-state index in [2.05, 4.69) is 12.2 Å². The molecule has 0 saturated heterocycles. The first-order valence-electron chi connectivity index (χ1n) is 10.8. The number of sulfonamides is 1. The van der Waals surface area contributed by atoms with E-state index < -0.39 is 14.9 Å². The molecule has 1 N–H and O–H groups in total. The van der Waals surface area contributed by atoms with Crippen molar-refractivity contribution in [2.24, 2.45) is 0 Å². The minimum Gasteiger partial charge on any atom is -0.492 e. The predicted molar refractivity (Wildman–Crippen MR) is 128 cm³/mol. The fraction of sp³-hybridized carbons (Fsp3) is 0.435. The van der Waals surface area contributed by atoms with E-state index >= 15 is 0 Å². The van der Waals surface area contributed by atoms with Gasteiger partial charge in [0.2, 0.25) is 15.9 Å². The number of hydrogen-bond acceptors (Lipinski definition) is 6. The van der Waals surface area contributed by atoms with Gasteiger partial charge in [-0.2, -0.15) is 0 Å². The van der Waals surface area contributed by atoms with Crippen LogP contribution in [0.3, 0.4) is 0 Å². The van der Waals surface area contributed by atoms with E-state index in [1.165, 1.54) is 23.8 Å². The highest BCUT2D eigenvalue weighted by Crippen LogP contribution is 2.27. The summed E-state index contributed by atoms with van der Waals surface area (Å²) in [7, 11) is -3.68. The Morgan fingerprint density at radius 3 is 2.48 bits per heavy atom. The first-order chi connectivity index (χ1) is 15.6. The summed E-state index contributed by atoms with van der Waals surface area (Å²) < 4.78 is 31.3. The Morgan fingerprint density at radius 1 is 1.18 bits per heavy atom. The molecule has 0 fully saturated rings. The Labute approximate surface area is 195 Å². The van der Waals surface area contributed by atoms with Crippen LogP contribution in [0.5, 0.6) is 5.75 Å². The molecule has 0 aromatic heterocycles. The first kappa shape index (κ1) is 26.1. The Balaban J connectivity index is 1.82. The lowest BCUT2D eigenvalue weighted by Crippen LogP contribution is -2.33. The molecule has 0 spiro atoms. The lowest BCUT2D eigenvalue weighted by atomic mass is 10.1. The third kappa shape index (κ3) is 8.38. The Bertz CT molecular complexity index is 1050. The molecule has 0 saturated carbocycles. The van der Waals surface area contributed by atoms with Gasteiger partial charge in [-0.05, 0) is 43.0 Å². The minimum atomic E-state index is -3.68. The van der Waals surface area contributed by atoms with Gasteiger partial charge in [0.15, 0.2) is 0 Å².